The van der Waals surface area contributed by atoms with Crippen molar-refractivity contribution in [2.24, 2.45) is 0 Å². The number of nitrogens with one attached hydrogen (secondary N) is 2. The summed E-state index contributed by atoms with van der Waals surface area (Å²) in [4.78, 5) is 0. The van der Waals surface area contributed by atoms with Crippen molar-refractivity contribution in [2.45, 2.75) is 6.04 Å². The molecule has 0 saturated heterocycles. The van der Waals surface area contributed by atoms with Gasteiger partial charge in [0.15, 0.2) is 0 Å². The molecule has 0 aliphatic rings. The Morgan fingerprint density at radius 3 is 1.59 bits per heavy atom. The molecule has 29 heavy (non-hydrogen) atoms. The maximum Gasteiger partial charge on any atom is 0.115 e. The number of phenolic OH excluding ortho intramolecular Hbond substituents is 2. The SMILES string of the molecule is N#Cc1ccc(N(C(c2ccc(O)cc2)c2ccc(O)cc2)N(C=N)C=N)cc1. The Balaban J connectivity index is 2.21. The molecule has 3 aromatic carbocycles. The lowest BCUT2D eigenvalue weighted by molar-refractivity contribution is 0.472. The molecule has 3 aromatic rings. The summed E-state index contributed by atoms with van der Waals surface area (Å²) in [7, 11) is 0. The van der Waals surface area contributed by atoms with Crippen LogP contribution in [0.15, 0.2) is 72.8 Å². The number of aromatic hydroxyl groups is 2. The van der Waals surface area contributed by atoms with Crippen molar-refractivity contribution < 1.29 is 10.2 Å². The molecule has 0 amide bonds. The maximum atomic E-state index is 9.70. The molecule has 7 heteroatoms. The van der Waals surface area contributed by atoms with Gasteiger partial charge in [-0.3, -0.25) is 15.8 Å². The van der Waals surface area contributed by atoms with Gasteiger partial charge in [-0.05, 0) is 59.7 Å². The summed E-state index contributed by atoms with van der Waals surface area (Å²) < 4.78 is 0. The van der Waals surface area contributed by atoms with Crippen molar-refractivity contribution in [3.63, 3.8) is 0 Å². The van der Waals surface area contributed by atoms with Crippen LogP contribution in [0.2, 0.25) is 0 Å². The Bertz CT molecular complexity index is 971. The minimum absolute atomic E-state index is 0.124. The normalized spacial score (nSPS) is 10.2. The average Bonchev–Trinajstić information content (AvgIpc) is 2.76. The molecular weight excluding hydrogens is 366 g/mol. The van der Waals surface area contributed by atoms with Crippen LogP contribution in [0.1, 0.15) is 22.7 Å². The second-order valence-electron chi connectivity index (χ2n) is 6.23. The van der Waals surface area contributed by atoms with E-state index in [9.17, 15) is 10.2 Å². The third-order valence-electron chi connectivity index (χ3n) is 4.44. The minimum Gasteiger partial charge on any atom is -0.508 e. The number of anilines is 1. The summed E-state index contributed by atoms with van der Waals surface area (Å²) in [6.07, 6.45) is 2.03. The van der Waals surface area contributed by atoms with Gasteiger partial charge in [0, 0.05) is 0 Å². The first-order valence-electron chi connectivity index (χ1n) is 8.74. The molecule has 0 aliphatic heterocycles. The molecular formula is C22H19N5O2. The second kappa shape index (κ2) is 8.59. The number of hydrogen-bond acceptors (Lipinski definition) is 6. The van der Waals surface area contributed by atoms with Gasteiger partial charge in [0.05, 0.1) is 17.3 Å². The van der Waals surface area contributed by atoms with E-state index in [1.165, 1.54) is 5.01 Å². The second-order valence-corrected chi connectivity index (χ2v) is 6.23. The molecule has 144 valence electrons. The monoisotopic (exact) mass is 385 g/mol. The number of phenols is 2. The summed E-state index contributed by atoms with van der Waals surface area (Å²) in [6.45, 7) is 0. The minimum atomic E-state index is -0.479. The topological polar surface area (TPSA) is 118 Å². The summed E-state index contributed by atoms with van der Waals surface area (Å²) in [5.41, 5.74) is 2.75. The number of benzene rings is 3. The van der Waals surface area contributed by atoms with Crippen LogP contribution >= 0.6 is 0 Å². The Labute approximate surface area is 168 Å². The predicted molar refractivity (Wildman–Crippen MR) is 111 cm³/mol. The lowest BCUT2D eigenvalue weighted by atomic mass is 9.97. The molecule has 0 unspecified atom stereocenters. The Hall–Kier alpha value is -4.31. The number of rotatable bonds is 7. The molecule has 4 N–H and O–H groups in total. The Morgan fingerprint density at radius 2 is 1.21 bits per heavy atom. The van der Waals surface area contributed by atoms with E-state index in [4.69, 9.17) is 16.1 Å². The van der Waals surface area contributed by atoms with E-state index in [1.54, 1.807) is 77.8 Å². The third kappa shape index (κ3) is 4.17. The van der Waals surface area contributed by atoms with Gasteiger partial charge in [-0.15, -0.1) is 0 Å². The molecule has 0 spiro atoms. The molecule has 0 atom stereocenters. The van der Waals surface area contributed by atoms with Crippen LogP contribution in [-0.2, 0) is 0 Å². The van der Waals surface area contributed by atoms with Gasteiger partial charge in [0.2, 0.25) is 0 Å². The lowest BCUT2D eigenvalue weighted by Crippen LogP contribution is -2.44. The van der Waals surface area contributed by atoms with Crippen molar-refractivity contribution >= 4 is 18.4 Å². The van der Waals surface area contributed by atoms with E-state index < -0.39 is 6.04 Å². The van der Waals surface area contributed by atoms with Crippen LogP contribution in [-0.4, -0.2) is 27.9 Å². The third-order valence-corrected chi connectivity index (χ3v) is 4.44. The molecule has 0 bridgehead atoms. The van der Waals surface area contributed by atoms with Crippen LogP contribution in [0, 0.1) is 22.1 Å². The lowest BCUT2D eigenvalue weighted by Gasteiger charge is -2.39. The number of nitrogens with zero attached hydrogens (tertiary/aromatic N) is 3. The molecule has 0 radical (unpaired) electrons. The van der Waals surface area contributed by atoms with Crippen molar-refractivity contribution in [2.75, 3.05) is 5.01 Å². The highest BCUT2D eigenvalue weighted by atomic mass is 16.3. The summed E-state index contributed by atoms with van der Waals surface area (Å²) in [5.74, 6) is 0.248. The Morgan fingerprint density at radius 1 is 0.759 bits per heavy atom. The summed E-state index contributed by atoms with van der Waals surface area (Å²) in [6, 6.07) is 21.7. The van der Waals surface area contributed by atoms with Crippen molar-refractivity contribution in [1.29, 1.82) is 16.1 Å². The standard InChI is InChI=1S/C22H19N5O2/c23-13-16-1-7-19(8-2-16)27(26(14-24)15-25)22(17-3-9-20(28)10-4-17)18-5-11-21(29)12-6-18/h1-12,14-15,22,24-25,28-29H. The zero-order valence-electron chi connectivity index (χ0n) is 15.4. The van der Waals surface area contributed by atoms with E-state index >= 15 is 0 Å². The first-order valence-corrected chi connectivity index (χ1v) is 8.74. The van der Waals surface area contributed by atoms with Crippen molar-refractivity contribution in [3.05, 3.63) is 89.5 Å². The van der Waals surface area contributed by atoms with E-state index in [2.05, 4.69) is 6.07 Å². The van der Waals surface area contributed by atoms with E-state index in [0.29, 0.717) is 11.3 Å². The number of hydrogen-bond donors (Lipinski definition) is 4. The Kier molecular flexibility index (Phi) is 5.76. The van der Waals surface area contributed by atoms with Crippen molar-refractivity contribution in [1.82, 2.24) is 5.01 Å². The van der Waals surface area contributed by atoms with E-state index in [-0.39, 0.29) is 11.5 Å². The van der Waals surface area contributed by atoms with Gasteiger partial charge in [0.25, 0.3) is 0 Å². The predicted octanol–water partition coefficient (Wildman–Crippen LogP) is 4.00. The fourth-order valence-electron chi connectivity index (χ4n) is 3.05. The van der Waals surface area contributed by atoms with Gasteiger partial charge >= 0.3 is 0 Å². The van der Waals surface area contributed by atoms with Crippen LogP contribution in [0.25, 0.3) is 0 Å². The fourth-order valence-corrected chi connectivity index (χ4v) is 3.05. The van der Waals surface area contributed by atoms with E-state index in [1.807, 2.05) is 0 Å². The highest BCUT2D eigenvalue weighted by molar-refractivity contribution is 5.76. The molecule has 0 heterocycles. The van der Waals surface area contributed by atoms with Gasteiger partial charge < -0.3 is 10.2 Å². The van der Waals surface area contributed by atoms with Gasteiger partial charge in [0.1, 0.15) is 30.2 Å². The molecule has 0 aromatic heterocycles. The van der Waals surface area contributed by atoms with Crippen LogP contribution in [0.4, 0.5) is 5.69 Å². The average molecular weight is 385 g/mol. The number of nitriles is 1. The summed E-state index contributed by atoms with van der Waals surface area (Å²) in [5, 5.41) is 47.1. The molecule has 3 rings (SSSR count). The van der Waals surface area contributed by atoms with Gasteiger partial charge in [-0.25, -0.2) is 5.01 Å². The van der Waals surface area contributed by atoms with Crippen LogP contribution < -0.4 is 5.01 Å². The highest BCUT2D eigenvalue weighted by Crippen LogP contribution is 2.35. The molecule has 0 aliphatic carbocycles. The molecule has 7 nitrogen and oxygen atoms in total. The number of hydrazine groups is 1. The highest BCUT2D eigenvalue weighted by Gasteiger charge is 2.27. The first kappa shape index (κ1) is 19.5. The first-order chi connectivity index (χ1) is 14.1. The van der Waals surface area contributed by atoms with Crippen LogP contribution in [0.3, 0.4) is 0 Å². The fraction of sp³-hybridized carbons (Fsp3) is 0.0455. The van der Waals surface area contributed by atoms with E-state index in [0.717, 1.165) is 23.8 Å². The van der Waals surface area contributed by atoms with Gasteiger partial charge in [-0.1, -0.05) is 24.3 Å². The zero-order chi connectivity index (χ0) is 20.8. The maximum absolute atomic E-state index is 9.70. The zero-order valence-corrected chi connectivity index (χ0v) is 15.4. The quantitative estimate of drug-likeness (QED) is 0.278. The molecule has 0 saturated carbocycles. The largest absolute Gasteiger partial charge is 0.508 e. The van der Waals surface area contributed by atoms with Gasteiger partial charge in [-0.2, -0.15) is 5.26 Å². The smallest absolute Gasteiger partial charge is 0.115 e. The van der Waals surface area contributed by atoms with Crippen LogP contribution in [0.5, 0.6) is 11.5 Å². The molecule has 0 fully saturated rings. The summed E-state index contributed by atoms with van der Waals surface area (Å²) >= 11 is 0. The van der Waals surface area contributed by atoms with Crippen molar-refractivity contribution in [3.8, 4) is 17.6 Å².